The third kappa shape index (κ3) is 4.17. The highest BCUT2D eigenvalue weighted by molar-refractivity contribution is 5.91. The highest BCUT2D eigenvalue weighted by Gasteiger charge is 2.08. The van der Waals surface area contributed by atoms with Gasteiger partial charge in [0.25, 0.3) is 0 Å². The Morgan fingerprint density at radius 1 is 0.917 bits per heavy atom. The van der Waals surface area contributed by atoms with Gasteiger partial charge in [0.1, 0.15) is 5.75 Å². The molecular formula is C21H17NO2. The van der Waals surface area contributed by atoms with E-state index in [4.69, 9.17) is 4.74 Å². The second-order valence-corrected chi connectivity index (χ2v) is 5.44. The van der Waals surface area contributed by atoms with Gasteiger partial charge in [0.05, 0.1) is 5.56 Å². The van der Waals surface area contributed by atoms with E-state index in [2.05, 4.69) is 4.98 Å². The van der Waals surface area contributed by atoms with Crippen LogP contribution in [0, 0.1) is 6.92 Å². The maximum atomic E-state index is 12.1. The van der Waals surface area contributed by atoms with Gasteiger partial charge in [-0.1, -0.05) is 42.0 Å². The summed E-state index contributed by atoms with van der Waals surface area (Å²) >= 11 is 0. The van der Waals surface area contributed by atoms with Gasteiger partial charge in [0.2, 0.25) is 0 Å². The van der Waals surface area contributed by atoms with E-state index in [1.165, 1.54) is 0 Å². The van der Waals surface area contributed by atoms with E-state index in [1.807, 2.05) is 61.5 Å². The van der Waals surface area contributed by atoms with Crippen LogP contribution in [0.15, 0.2) is 73.1 Å². The van der Waals surface area contributed by atoms with E-state index < -0.39 is 0 Å². The highest BCUT2D eigenvalue weighted by Crippen LogP contribution is 2.16. The average Bonchev–Trinajstić information content (AvgIpc) is 2.62. The number of hydrogen-bond acceptors (Lipinski definition) is 3. The normalized spacial score (nSPS) is 10.7. The number of benzene rings is 2. The summed E-state index contributed by atoms with van der Waals surface area (Å²) in [5.41, 5.74) is 3.69. The molecule has 0 aliphatic carbocycles. The fourth-order valence-corrected chi connectivity index (χ4v) is 2.25. The molecule has 0 amide bonds. The number of hydrogen-bond donors (Lipinski definition) is 0. The van der Waals surface area contributed by atoms with Gasteiger partial charge in [0, 0.05) is 12.4 Å². The van der Waals surface area contributed by atoms with E-state index in [0.29, 0.717) is 11.3 Å². The van der Waals surface area contributed by atoms with Crippen LogP contribution < -0.4 is 4.74 Å². The molecule has 3 heteroatoms. The van der Waals surface area contributed by atoms with Gasteiger partial charge in [-0.25, -0.2) is 4.79 Å². The molecule has 0 unspecified atom stereocenters. The summed E-state index contributed by atoms with van der Waals surface area (Å²) in [4.78, 5) is 16.1. The lowest BCUT2D eigenvalue weighted by atomic mass is 10.1. The highest BCUT2D eigenvalue weighted by atomic mass is 16.5. The lowest BCUT2D eigenvalue weighted by Crippen LogP contribution is -2.08. The monoisotopic (exact) mass is 315 g/mol. The average molecular weight is 315 g/mol. The van der Waals surface area contributed by atoms with Crippen molar-refractivity contribution in [2.75, 3.05) is 0 Å². The molecule has 0 fully saturated rings. The van der Waals surface area contributed by atoms with Gasteiger partial charge >= 0.3 is 5.97 Å². The first-order valence-corrected chi connectivity index (χ1v) is 7.68. The zero-order valence-corrected chi connectivity index (χ0v) is 13.3. The van der Waals surface area contributed by atoms with Crippen LogP contribution >= 0.6 is 0 Å². The van der Waals surface area contributed by atoms with Crippen LogP contribution in [0.25, 0.3) is 12.2 Å². The third-order valence-electron chi connectivity index (χ3n) is 3.52. The number of pyridine rings is 1. The molecule has 0 aliphatic heterocycles. The molecule has 0 atom stereocenters. The number of aromatic nitrogens is 1. The zero-order chi connectivity index (χ0) is 16.8. The Labute approximate surface area is 141 Å². The van der Waals surface area contributed by atoms with E-state index in [1.54, 1.807) is 30.6 Å². The van der Waals surface area contributed by atoms with Crippen molar-refractivity contribution < 1.29 is 9.53 Å². The Bertz CT molecular complexity index is 853. The molecule has 0 radical (unpaired) electrons. The molecule has 0 N–H and O–H groups in total. The summed E-state index contributed by atoms with van der Waals surface area (Å²) in [6, 6.07) is 18.6. The molecule has 1 aromatic heterocycles. The number of carbonyl (C=O) groups is 1. The zero-order valence-electron chi connectivity index (χ0n) is 13.3. The van der Waals surface area contributed by atoms with Crippen molar-refractivity contribution >= 4 is 18.1 Å². The second kappa shape index (κ2) is 7.38. The molecule has 3 aromatic rings. The molecular weight excluding hydrogens is 298 g/mol. The number of aryl methyl sites for hydroxylation is 1. The van der Waals surface area contributed by atoms with Crippen LogP contribution in [0.1, 0.15) is 27.0 Å². The van der Waals surface area contributed by atoms with Crippen LogP contribution in [-0.2, 0) is 0 Å². The Balaban J connectivity index is 1.66. The van der Waals surface area contributed by atoms with E-state index >= 15 is 0 Å². The molecule has 3 nitrogen and oxygen atoms in total. The summed E-state index contributed by atoms with van der Waals surface area (Å²) in [7, 11) is 0. The standard InChI is InChI=1S/C21H17NO2/c1-16-3-2-4-19(15-16)21(23)24-20-9-7-17(8-10-20)5-6-18-11-13-22-14-12-18/h2-15H,1H3/b6-5+. The van der Waals surface area contributed by atoms with Crippen molar-refractivity contribution in [1.29, 1.82) is 0 Å². The molecule has 2 aromatic carbocycles. The van der Waals surface area contributed by atoms with Crippen LogP contribution in [0.2, 0.25) is 0 Å². The van der Waals surface area contributed by atoms with Gasteiger partial charge in [-0.15, -0.1) is 0 Å². The van der Waals surface area contributed by atoms with Gasteiger partial charge in [-0.2, -0.15) is 0 Å². The summed E-state index contributed by atoms with van der Waals surface area (Å²) in [5.74, 6) is 0.182. The first-order valence-electron chi connectivity index (χ1n) is 7.68. The number of ether oxygens (including phenoxy) is 1. The minimum absolute atomic E-state index is 0.348. The first-order chi connectivity index (χ1) is 11.7. The van der Waals surface area contributed by atoms with Crippen LogP contribution in [0.5, 0.6) is 5.75 Å². The minimum Gasteiger partial charge on any atom is -0.423 e. The summed E-state index contributed by atoms with van der Waals surface area (Å²) in [5, 5.41) is 0. The first kappa shape index (κ1) is 15.7. The second-order valence-electron chi connectivity index (χ2n) is 5.44. The fraction of sp³-hybridized carbons (Fsp3) is 0.0476. The molecule has 0 spiro atoms. The largest absolute Gasteiger partial charge is 0.423 e. The SMILES string of the molecule is Cc1cccc(C(=O)Oc2ccc(/C=C/c3ccncc3)cc2)c1. The van der Waals surface area contributed by atoms with E-state index in [9.17, 15) is 4.79 Å². The Morgan fingerprint density at radius 2 is 1.58 bits per heavy atom. The predicted molar refractivity (Wildman–Crippen MR) is 95.7 cm³/mol. The van der Waals surface area contributed by atoms with Crippen LogP contribution in [-0.4, -0.2) is 11.0 Å². The van der Waals surface area contributed by atoms with Crippen molar-refractivity contribution in [1.82, 2.24) is 4.98 Å². The smallest absolute Gasteiger partial charge is 0.343 e. The van der Waals surface area contributed by atoms with Crippen molar-refractivity contribution in [3.05, 3.63) is 95.3 Å². The van der Waals surface area contributed by atoms with Gasteiger partial charge in [-0.3, -0.25) is 4.98 Å². The quantitative estimate of drug-likeness (QED) is 0.514. The van der Waals surface area contributed by atoms with Crippen LogP contribution in [0.4, 0.5) is 0 Å². The molecule has 118 valence electrons. The van der Waals surface area contributed by atoms with Crippen molar-refractivity contribution in [3.8, 4) is 5.75 Å². The van der Waals surface area contributed by atoms with Gasteiger partial charge in [-0.05, 0) is 54.4 Å². The Kier molecular flexibility index (Phi) is 4.82. The number of esters is 1. The van der Waals surface area contributed by atoms with Crippen molar-refractivity contribution in [2.45, 2.75) is 6.92 Å². The minimum atomic E-state index is -0.348. The third-order valence-corrected chi connectivity index (χ3v) is 3.52. The van der Waals surface area contributed by atoms with E-state index in [-0.39, 0.29) is 5.97 Å². The molecule has 24 heavy (non-hydrogen) atoms. The maximum Gasteiger partial charge on any atom is 0.343 e. The summed E-state index contributed by atoms with van der Waals surface area (Å²) in [6.45, 7) is 1.95. The molecule has 0 saturated carbocycles. The lowest BCUT2D eigenvalue weighted by Gasteiger charge is -2.05. The van der Waals surface area contributed by atoms with E-state index in [0.717, 1.165) is 16.7 Å². The lowest BCUT2D eigenvalue weighted by molar-refractivity contribution is 0.0734. The fourth-order valence-electron chi connectivity index (χ4n) is 2.25. The molecule has 3 rings (SSSR count). The van der Waals surface area contributed by atoms with Gasteiger partial charge < -0.3 is 4.74 Å². The summed E-state index contributed by atoms with van der Waals surface area (Å²) < 4.78 is 5.40. The molecule has 0 aliphatic rings. The Hall–Kier alpha value is -3.20. The molecule has 0 bridgehead atoms. The molecule has 0 saturated heterocycles. The summed E-state index contributed by atoms with van der Waals surface area (Å²) in [6.07, 6.45) is 7.53. The van der Waals surface area contributed by atoms with Crippen molar-refractivity contribution in [3.63, 3.8) is 0 Å². The molecule has 1 heterocycles. The van der Waals surface area contributed by atoms with Crippen LogP contribution in [0.3, 0.4) is 0 Å². The van der Waals surface area contributed by atoms with Crippen molar-refractivity contribution in [2.24, 2.45) is 0 Å². The van der Waals surface area contributed by atoms with Gasteiger partial charge in [0.15, 0.2) is 0 Å². The number of rotatable bonds is 4. The maximum absolute atomic E-state index is 12.1. The predicted octanol–water partition coefficient (Wildman–Crippen LogP) is 4.78. The Morgan fingerprint density at radius 3 is 2.25 bits per heavy atom. The topological polar surface area (TPSA) is 39.2 Å². The number of nitrogens with zero attached hydrogens (tertiary/aromatic N) is 1. The number of carbonyl (C=O) groups excluding carboxylic acids is 1.